The molecule has 0 bridgehead atoms. The predicted molar refractivity (Wildman–Crippen MR) is 86.1 cm³/mol. The van der Waals surface area contributed by atoms with E-state index in [9.17, 15) is 4.79 Å². The number of hydrogen-bond acceptors (Lipinski definition) is 5. The summed E-state index contributed by atoms with van der Waals surface area (Å²) in [7, 11) is 0. The van der Waals surface area contributed by atoms with Crippen LogP contribution in [0.5, 0.6) is 5.75 Å². The number of nitrogens with one attached hydrogen (secondary N) is 2. The van der Waals surface area contributed by atoms with E-state index in [1.54, 1.807) is 6.20 Å². The molecule has 21 heavy (non-hydrogen) atoms. The summed E-state index contributed by atoms with van der Waals surface area (Å²) in [6.07, 6.45) is 2.33. The van der Waals surface area contributed by atoms with E-state index < -0.39 is 0 Å². The summed E-state index contributed by atoms with van der Waals surface area (Å²) in [5.41, 5.74) is 0.820. The second-order valence-electron chi connectivity index (χ2n) is 4.36. The number of hydrogen-bond donors (Lipinski definition) is 2. The molecule has 0 aliphatic carbocycles. The highest BCUT2D eigenvalue weighted by Crippen LogP contribution is 2.25. The number of anilines is 2. The predicted octanol–water partition coefficient (Wildman–Crippen LogP) is 3.37. The van der Waals surface area contributed by atoms with E-state index in [4.69, 9.17) is 4.74 Å². The maximum absolute atomic E-state index is 12.3. The van der Waals surface area contributed by atoms with Crippen LogP contribution < -0.4 is 15.4 Å². The number of nitrogens with zero attached hydrogens (tertiary/aromatic N) is 1. The van der Waals surface area contributed by atoms with Crippen molar-refractivity contribution >= 4 is 28.1 Å². The molecular weight excluding hydrogens is 286 g/mol. The largest absolute Gasteiger partial charge is 0.492 e. The van der Waals surface area contributed by atoms with Crippen molar-refractivity contribution in [2.24, 2.45) is 0 Å². The van der Waals surface area contributed by atoms with Gasteiger partial charge in [-0.2, -0.15) is 0 Å². The van der Waals surface area contributed by atoms with E-state index in [0.717, 1.165) is 11.4 Å². The second kappa shape index (κ2) is 7.64. The molecule has 0 saturated heterocycles. The number of thiazole rings is 1. The number of rotatable bonds is 7. The first-order valence-electron chi connectivity index (χ1n) is 6.93. The summed E-state index contributed by atoms with van der Waals surface area (Å²) in [5, 5.41) is 8.48. The molecule has 0 spiro atoms. The summed E-state index contributed by atoms with van der Waals surface area (Å²) in [5.74, 6) is 0.652. The summed E-state index contributed by atoms with van der Waals surface area (Å²) in [4.78, 5) is 16.3. The summed E-state index contributed by atoms with van der Waals surface area (Å²) >= 11 is 1.40. The first kappa shape index (κ1) is 15.3. The molecule has 0 fully saturated rings. The highest BCUT2D eigenvalue weighted by atomic mass is 32.1. The van der Waals surface area contributed by atoms with Gasteiger partial charge >= 0.3 is 0 Å². The van der Waals surface area contributed by atoms with Crippen LogP contribution in [0.25, 0.3) is 0 Å². The Kier molecular flexibility index (Phi) is 5.57. The zero-order valence-corrected chi connectivity index (χ0v) is 12.9. The van der Waals surface area contributed by atoms with Crippen molar-refractivity contribution in [3.8, 4) is 5.75 Å². The molecule has 2 rings (SSSR count). The molecule has 1 atom stereocenters. The maximum atomic E-state index is 12.3. The summed E-state index contributed by atoms with van der Waals surface area (Å²) in [6.45, 7) is 4.48. The van der Waals surface area contributed by atoms with Gasteiger partial charge in [-0.3, -0.25) is 4.79 Å². The second-order valence-corrected chi connectivity index (χ2v) is 5.26. The van der Waals surface area contributed by atoms with E-state index in [1.807, 2.05) is 43.5 Å². The number of ether oxygens (including phenoxy) is 1. The summed E-state index contributed by atoms with van der Waals surface area (Å²) < 4.78 is 5.56. The van der Waals surface area contributed by atoms with Crippen LogP contribution in [0.4, 0.5) is 10.8 Å². The Labute approximate surface area is 128 Å². The van der Waals surface area contributed by atoms with E-state index >= 15 is 0 Å². The molecule has 2 N–H and O–H groups in total. The van der Waals surface area contributed by atoms with Crippen molar-refractivity contribution in [3.63, 3.8) is 0 Å². The Bertz CT molecular complexity index is 572. The highest BCUT2D eigenvalue weighted by Gasteiger charge is 2.18. The molecule has 0 aliphatic heterocycles. The van der Waals surface area contributed by atoms with E-state index in [-0.39, 0.29) is 11.9 Å². The third-order valence-electron chi connectivity index (χ3n) is 2.90. The fourth-order valence-electron chi connectivity index (χ4n) is 1.89. The van der Waals surface area contributed by atoms with Crippen LogP contribution in [0.3, 0.4) is 0 Å². The molecule has 0 aliphatic rings. The van der Waals surface area contributed by atoms with Gasteiger partial charge in [-0.15, -0.1) is 11.3 Å². The van der Waals surface area contributed by atoms with Gasteiger partial charge < -0.3 is 15.4 Å². The number of para-hydroxylation sites is 2. The fourth-order valence-corrected chi connectivity index (χ4v) is 2.42. The topological polar surface area (TPSA) is 63.2 Å². The van der Waals surface area contributed by atoms with Gasteiger partial charge in [0.05, 0.1) is 12.3 Å². The lowest BCUT2D eigenvalue weighted by atomic mass is 10.2. The van der Waals surface area contributed by atoms with Gasteiger partial charge in [0, 0.05) is 11.6 Å². The van der Waals surface area contributed by atoms with Crippen molar-refractivity contribution < 1.29 is 9.53 Å². The quantitative estimate of drug-likeness (QED) is 0.823. The first-order valence-corrected chi connectivity index (χ1v) is 7.81. The van der Waals surface area contributed by atoms with Crippen LogP contribution in [-0.4, -0.2) is 23.5 Å². The smallest absolute Gasteiger partial charge is 0.248 e. The Balaban J connectivity index is 2.06. The SMILES string of the molecule is CCOc1ccccc1N[C@@H](CC)C(=O)Nc1nccs1. The van der Waals surface area contributed by atoms with Crippen LogP contribution in [0.1, 0.15) is 20.3 Å². The highest BCUT2D eigenvalue weighted by molar-refractivity contribution is 7.13. The Morgan fingerprint density at radius 2 is 2.19 bits per heavy atom. The van der Waals surface area contributed by atoms with Crippen LogP contribution >= 0.6 is 11.3 Å². The number of carbonyl (C=O) groups is 1. The molecule has 1 amide bonds. The molecule has 0 unspecified atom stereocenters. The standard InChI is InChI=1S/C15H19N3O2S/c1-3-11(14(19)18-15-16-9-10-21-15)17-12-7-5-6-8-13(12)20-4-2/h5-11,17H,3-4H2,1-2H3,(H,16,18,19)/t11-/m0/s1. The average Bonchev–Trinajstić information content (AvgIpc) is 2.99. The Morgan fingerprint density at radius 3 is 2.86 bits per heavy atom. The molecule has 1 aromatic heterocycles. The van der Waals surface area contributed by atoms with Crippen LogP contribution in [0.2, 0.25) is 0 Å². The molecule has 1 aromatic carbocycles. The normalized spacial score (nSPS) is 11.7. The molecule has 112 valence electrons. The van der Waals surface area contributed by atoms with Crippen LogP contribution in [0, 0.1) is 0 Å². The van der Waals surface area contributed by atoms with Gasteiger partial charge in [-0.05, 0) is 25.5 Å². The lowest BCUT2D eigenvalue weighted by Crippen LogP contribution is -2.34. The minimum atomic E-state index is -0.337. The molecule has 6 heteroatoms. The Hall–Kier alpha value is -2.08. The number of benzene rings is 1. The first-order chi connectivity index (χ1) is 10.2. The van der Waals surface area contributed by atoms with E-state index in [0.29, 0.717) is 18.2 Å². The van der Waals surface area contributed by atoms with Crippen molar-refractivity contribution in [3.05, 3.63) is 35.8 Å². The van der Waals surface area contributed by atoms with Gasteiger partial charge in [0.25, 0.3) is 0 Å². The minimum Gasteiger partial charge on any atom is -0.492 e. The van der Waals surface area contributed by atoms with Gasteiger partial charge in [-0.25, -0.2) is 4.98 Å². The third-order valence-corrected chi connectivity index (χ3v) is 3.59. The van der Waals surface area contributed by atoms with Crippen molar-refractivity contribution in [1.82, 2.24) is 4.98 Å². The molecule has 2 aromatic rings. The number of amides is 1. The third kappa shape index (κ3) is 4.19. The Morgan fingerprint density at radius 1 is 1.38 bits per heavy atom. The van der Waals surface area contributed by atoms with Gasteiger partial charge in [-0.1, -0.05) is 19.1 Å². The monoisotopic (exact) mass is 305 g/mol. The average molecular weight is 305 g/mol. The van der Waals surface area contributed by atoms with E-state index in [2.05, 4.69) is 15.6 Å². The number of aromatic nitrogens is 1. The maximum Gasteiger partial charge on any atom is 0.248 e. The molecule has 5 nitrogen and oxygen atoms in total. The van der Waals surface area contributed by atoms with Crippen LogP contribution in [-0.2, 0) is 4.79 Å². The van der Waals surface area contributed by atoms with Crippen molar-refractivity contribution in [1.29, 1.82) is 0 Å². The van der Waals surface area contributed by atoms with Gasteiger partial charge in [0.2, 0.25) is 5.91 Å². The lowest BCUT2D eigenvalue weighted by Gasteiger charge is -2.19. The summed E-state index contributed by atoms with van der Waals surface area (Å²) in [6, 6.07) is 7.28. The zero-order chi connectivity index (χ0) is 15.1. The van der Waals surface area contributed by atoms with Gasteiger partial charge in [0.1, 0.15) is 11.8 Å². The lowest BCUT2D eigenvalue weighted by molar-refractivity contribution is -0.116. The fraction of sp³-hybridized carbons (Fsp3) is 0.333. The minimum absolute atomic E-state index is 0.0984. The molecule has 0 radical (unpaired) electrons. The number of carbonyl (C=O) groups excluding carboxylic acids is 1. The van der Waals surface area contributed by atoms with Crippen LogP contribution in [0.15, 0.2) is 35.8 Å². The zero-order valence-electron chi connectivity index (χ0n) is 12.1. The van der Waals surface area contributed by atoms with E-state index in [1.165, 1.54) is 11.3 Å². The van der Waals surface area contributed by atoms with Crippen molar-refractivity contribution in [2.45, 2.75) is 26.3 Å². The van der Waals surface area contributed by atoms with Crippen molar-refractivity contribution in [2.75, 3.05) is 17.2 Å². The molecule has 1 heterocycles. The van der Waals surface area contributed by atoms with Gasteiger partial charge in [0.15, 0.2) is 5.13 Å². The molecular formula is C15H19N3O2S. The molecule has 0 saturated carbocycles.